The van der Waals surface area contributed by atoms with Crippen molar-refractivity contribution in [1.29, 1.82) is 0 Å². The summed E-state index contributed by atoms with van der Waals surface area (Å²) in [7, 11) is 1.86. The van der Waals surface area contributed by atoms with Crippen molar-refractivity contribution >= 4 is 0 Å². The van der Waals surface area contributed by atoms with Crippen molar-refractivity contribution in [2.75, 3.05) is 6.54 Å². The molecule has 68 valence electrons. The normalized spacial score (nSPS) is 16.0. The molecule has 0 amide bonds. The zero-order chi connectivity index (χ0) is 9.14. The van der Waals surface area contributed by atoms with E-state index in [2.05, 4.69) is 4.98 Å². The van der Waals surface area contributed by atoms with Crippen LogP contribution in [0.2, 0.25) is 0 Å². The lowest BCUT2D eigenvalue weighted by Gasteiger charge is -2.16. The van der Waals surface area contributed by atoms with Crippen LogP contribution in [0.1, 0.15) is 18.7 Å². The van der Waals surface area contributed by atoms with Crippen LogP contribution >= 0.6 is 0 Å². The summed E-state index contributed by atoms with van der Waals surface area (Å²) in [6.07, 6.45) is 2.82. The zero-order valence-corrected chi connectivity index (χ0v) is 7.44. The fraction of sp³-hybridized carbons (Fsp3) is 0.625. The molecule has 0 aliphatic rings. The van der Waals surface area contributed by atoms with Gasteiger partial charge in [-0.2, -0.15) is 0 Å². The minimum absolute atomic E-state index is 0.0698. The summed E-state index contributed by atoms with van der Waals surface area (Å²) >= 11 is 0. The Labute approximate surface area is 72.0 Å². The maximum Gasteiger partial charge on any atom is 0.0993 e. The van der Waals surface area contributed by atoms with E-state index in [1.807, 2.05) is 14.0 Å². The quantitative estimate of drug-likeness (QED) is 0.672. The first-order valence-corrected chi connectivity index (χ1v) is 4.01. The van der Waals surface area contributed by atoms with Gasteiger partial charge in [-0.25, -0.2) is 4.98 Å². The first kappa shape index (κ1) is 9.22. The van der Waals surface area contributed by atoms with Gasteiger partial charge >= 0.3 is 0 Å². The van der Waals surface area contributed by atoms with Gasteiger partial charge < -0.3 is 15.4 Å². The molecule has 4 heteroatoms. The summed E-state index contributed by atoms with van der Waals surface area (Å²) in [6.45, 7) is 2.39. The fourth-order valence-electron chi connectivity index (χ4n) is 1.07. The first-order valence-electron chi connectivity index (χ1n) is 4.01. The summed E-state index contributed by atoms with van der Waals surface area (Å²) in [5.74, 6) is 0.0698. The maximum atomic E-state index is 9.72. The molecule has 4 nitrogen and oxygen atoms in total. The third-order valence-electron chi connectivity index (χ3n) is 2.07. The summed E-state index contributed by atoms with van der Waals surface area (Å²) in [4.78, 5) is 3.92. The average Bonchev–Trinajstić information content (AvgIpc) is 2.48. The predicted molar refractivity (Wildman–Crippen MR) is 46.4 cm³/mol. The zero-order valence-electron chi connectivity index (χ0n) is 7.44. The van der Waals surface area contributed by atoms with E-state index in [1.165, 1.54) is 0 Å². The second-order valence-corrected chi connectivity index (χ2v) is 3.09. The van der Waals surface area contributed by atoms with Crippen molar-refractivity contribution in [3.63, 3.8) is 0 Å². The van der Waals surface area contributed by atoms with Gasteiger partial charge in [0.15, 0.2) is 0 Å². The monoisotopic (exact) mass is 169 g/mol. The van der Waals surface area contributed by atoms with Crippen molar-refractivity contribution in [3.8, 4) is 0 Å². The van der Waals surface area contributed by atoms with E-state index in [0.717, 1.165) is 5.69 Å². The first-order chi connectivity index (χ1) is 5.66. The number of aliphatic hydroxyl groups excluding tert-OH is 1. The van der Waals surface area contributed by atoms with Crippen LogP contribution in [0.3, 0.4) is 0 Å². The predicted octanol–water partition coefficient (Wildman–Crippen LogP) is 0.0483. The van der Waals surface area contributed by atoms with Crippen LogP contribution in [0.25, 0.3) is 0 Å². The minimum atomic E-state index is -0.512. The highest BCUT2D eigenvalue weighted by Gasteiger charge is 2.17. The molecule has 0 radical (unpaired) electrons. The third kappa shape index (κ3) is 1.65. The van der Waals surface area contributed by atoms with Gasteiger partial charge in [-0.3, -0.25) is 0 Å². The molecule has 0 saturated carbocycles. The Morgan fingerprint density at radius 2 is 2.42 bits per heavy atom. The van der Waals surface area contributed by atoms with E-state index >= 15 is 0 Å². The van der Waals surface area contributed by atoms with E-state index < -0.39 is 6.10 Å². The fourth-order valence-corrected chi connectivity index (χ4v) is 1.07. The van der Waals surface area contributed by atoms with Crippen LogP contribution in [0.15, 0.2) is 12.5 Å². The molecule has 1 heterocycles. The summed E-state index contributed by atoms with van der Waals surface area (Å²) in [5, 5.41) is 9.72. The third-order valence-corrected chi connectivity index (χ3v) is 2.07. The van der Waals surface area contributed by atoms with Gasteiger partial charge in [0, 0.05) is 7.05 Å². The number of aryl methyl sites for hydroxylation is 1. The SMILES string of the molecule is CC(CN)C(O)c1cncn1C. The lowest BCUT2D eigenvalue weighted by molar-refractivity contribution is 0.114. The number of hydrogen-bond acceptors (Lipinski definition) is 3. The average molecular weight is 169 g/mol. The molecule has 1 aromatic heterocycles. The van der Waals surface area contributed by atoms with Gasteiger partial charge in [-0.15, -0.1) is 0 Å². The topological polar surface area (TPSA) is 64.1 Å². The molecule has 2 unspecified atom stereocenters. The standard InChI is InChI=1S/C8H15N3O/c1-6(3-9)8(12)7-4-10-5-11(7)2/h4-6,8,12H,3,9H2,1-2H3. The molecule has 0 aliphatic carbocycles. The number of rotatable bonds is 3. The molecule has 12 heavy (non-hydrogen) atoms. The van der Waals surface area contributed by atoms with Crippen molar-refractivity contribution in [1.82, 2.24) is 9.55 Å². The lowest BCUT2D eigenvalue weighted by Crippen LogP contribution is -2.20. The Kier molecular flexibility index (Phi) is 2.83. The van der Waals surface area contributed by atoms with E-state index in [-0.39, 0.29) is 5.92 Å². The van der Waals surface area contributed by atoms with Crippen LogP contribution < -0.4 is 5.73 Å². The molecule has 1 aromatic rings. The van der Waals surface area contributed by atoms with Crippen LogP contribution in [-0.2, 0) is 7.05 Å². The van der Waals surface area contributed by atoms with E-state index in [1.54, 1.807) is 17.1 Å². The molecule has 3 N–H and O–H groups in total. The molecule has 0 bridgehead atoms. The van der Waals surface area contributed by atoms with Crippen molar-refractivity contribution < 1.29 is 5.11 Å². The van der Waals surface area contributed by atoms with Crippen molar-refractivity contribution in [3.05, 3.63) is 18.2 Å². The summed E-state index contributed by atoms with van der Waals surface area (Å²) < 4.78 is 1.80. The minimum Gasteiger partial charge on any atom is -0.386 e. The van der Waals surface area contributed by atoms with Crippen LogP contribution in [-0.4, -0.2) is 21.2 Å². The molecule has 2 atom stereocenters. The van der Waals surface area contributed by atoms with Gasteiger partial charge in [0.1, 0.15) is 0 Å². The molecule has 0 aromatic carbocycles. The Morgan fingerprint density at radius 1 is 1.75 bits per heavy atom. The Balaban J connectivity index is 2.77. The van der Waals surface area contributed by atoms with E-state index in [9.17, 15) is 5.11 Å². The molecule has 1 rings (SSSR count). The Hall–Kier alpha value is -0.870. The highest BCUT2D eigenvalue weighted by atomic mass is 16.3. The van der Waals surface area contributed by atoms with Crippen LogP contribution in [0.5, 0.6) is 0 Å². The molecule has 0 aliphatic heterocycles. The molecule has 0 fully saturated rings. The number of aromatic nitrogens is 2. The Morgan fingerprint density at radius 3 is 2.83 bits per heavy atom. The number of hydrogen-bond donors (Lipinski definition) is 2. The van der Waals surface area contributed by atoms with Crippen LogP contribution in [0, 0.1) is 5.92 Å². The van der Waals surface area contributed by atoms with Gasteiger partial charge in [-0.05, 0) is 12.5 Å². The van der Waals surface area contributed by atoms with Gasteiger partial charge in [-0.1, -0.05) is 6.92 Å². The van der Waals surface area contributed by atoms with Crippen LogP contribution in [0.4, 0.5) is 0 Å². The highest BCUT2D eigenvalue weighted by Crippen LogP contribution is 2.19. The number of imidazole rings is 1. The summed E-state index contributed by atoms with van der Waals surface area (Å²) in [6, 6.07) is 0. The van der Waals surface area contributed by atoms with Gasteiger partial charge in [0.2, 0.25) is 0 Å². The lowest BCUT2D eigenvalue weighted by atomic mass is 10.0. The van der Waals surface area contributed by atoms with Gasteiger partial charge in [0.25, 0.3) is 0 Å². The van der Waals surface area contributed by atoms with Gasteiger partial charge in [0.05, 0.1) is 24.3 Å². The van der Waals surface area contributed by atoms with Crippen molar-refractivity contribution in [2.45, 2.75) is 13.0 Å². The molecule has 0 saturated heterocycles. The maximum absolute atomic E-state index is 9.72. The van der Waals surface area contributed by atoms with E-state index in [4.69, 9.17) is 5.73 Å². The number of nitrogens with zero attached hydrogens (tertiary/aromatic N) is 2. The Bertz CT molecular complexity index is 246. The number of aliphatic hydroxyl groups is 1. The highest BCUT2D eigenvalue weighted by molar-refractivity contribution is 5.03. The second-order valence-electron chi connectivity index (χ2n) is 3.09. The molecular formula is C8H15N3O. The van der Waals surface area contributed by atoms with Crippen molar-refractivity contribution in [2.24, 2.45) is 18.7 Å². The van der Waals surface area contributed by atoms with E-state index in [0.29, 0.717) is 6.54 Å². The second kappa shape index (κ2) is 3.69. The largest absolute Gasteiger partial charge is 0.386 e. The molecule has 0 spiro atoms. The smallest absolute Gasteiger partial charge is 0.0993 e. The number of nitrogens with two attached hydrogens (primary N) is 1. The molecular weight excluding hydrogens is 154 g/mol. The summed E-state index contributed by atoms with van der Waals surface area (Å²) in [5.41, 5.74) is 6.25.